The zero-order valence-corrected chi connectivity index (χ0v) is 26.0. The highest BCUT2D eigenvalue weighted by Crippen LogP contribution is 2.25. The number of esters is 1. The molecule has 0 radical (unpaired) electrons. The van der Waals surface area contributed by atoms with E-state index in [1.54, 1.807) is 35.2 Å². The first-order valence-corrected chi connectivity index (χ1v) is 14.7. The van der Waals surface area contributed by atoms with Gasteiger partial charge in [0.15, 0.2) is 5.78 Å². The zero-order valence-electron chi connectivity index (χ0n) is 26.0. The van der Waals surface area contributed by atoms with Crippen molar-refractivity contribution in [3.05, 3.63) is 125 Å². The van der Waals surface area contributed by atoms with Crippen molar-refractivity contribution in [2.24, 2.45) is 5.41 Å². The fraction of sp³-hybridized carbons (Fsp3) is 0.270. The first kappa shape index (κ1) is 32.0. The van der Waals surface area contributed by atoms with Crippen molar-refractivity contribution in [3.8, 4) is 5.75 Å². The van der Waals surface area contributed by atoms with Crippen LogP contribution in [-0.2, 0) is 20.7 Å². The Balaban J connectivity index is 1.43. The second kappa shape index (κ2) is 14.5. The van der Waals surface area contributed by atoms with Gasteiger partial charge < -0.3 is 19.7 Å². The van der Waals surface area contributed by atoms with Crippen LogP contribution in [0.3, 0.4) is 0 Å². The third-order valence-electron chi connectivity index (χ3n) is 7.17. The molecule has 0 heterocycles. The summed E-state index contributed by atoms with van der Waals surface area (Å²) in [7, 11) is 1.35. The van der Waals surface area contributed by atoms with E-state index in [4.69, 9.17) is 9.47 Å². The number of aryl methyl sites for hydroxylation is 1. The number of amides is 1. The topological polar surface area (TPSA) is 84.9 Å². The molecule has 44 heavy (non-hydrogen) atoms. The molecule has 4 aromatic rings. The highest BCUT2D eigenvalue weighted by molar-refractivity contribution is 6.12. The number of nitrogens with zero attached hydrogens (tertiary/aromatic N) is 1. The van der Waals surface area contributed by atoms with E-state index < -0.39 is 17.4 Å². The minimum absolute atomic E-state index is 0.0236. The lowest BCUT2D eigenvalue weighted by molar-refractivity contribution is -0.141. The van der Waals surface area contributed by atoms with E-state index in [-0.39, 0.29) is 11.7 Å². The molecule has 0 aliphatic carbocycles. The van der Waals surface area contributed by atoms with Crippen LogP contribution in [0.25, 0.3) is 0 Å². The third kappa shape index (κ3) is 8.34. The van der Waals surface area contributed by atoms with Gasteiger partial charge in [0, 0.05) is 34.3 Å². The highest BCUT2D eigenvalue weighted by atomic mass is 16.5. The number of benzene rings is 4. The molecule has 7 heteroatoms. The largest absolute Gasteiger partial charge is 0.492 e. The number of anilines is 2. The minimum atomic E-state index is -0.720. The first-order valence-electron chi connectivity index (χ1n) is 14.7. The Morgan fingerprint density at radius 3 is 2.18 bits per heavy atom. The van der Waals surface area contributed by atoms with Gasteiger partial charge >= 0.3 is 5.97 Å². The predicted octanol–water partition coefficient (Wildman–Crippen LogP) is 6.88. The number of ketones is 1. The highest BCUT2D eigenvalue weighted by Gasteiger charge is 2.28. The van der Waals surface area contributed by atoms with Crippen LogP contribution in [0.4, 0.5) is 11.4 Å². The predicted molar refractivity (Wildman–Crippen MR) is 174 cm³/mol. The van der Waals surface area contributed by atoms with E-state index in [2.05, 4.69) is 5.32 Å². The lowest BCUT2D eigenvalue weighted by Crippen LogP contribution is -2.42. The van der Waals surface area contributed by atoms with Crippen LogP contribution < -0.4 is 15.0 Å². The number of hydrogen-bond donors (Lipinski definition) is 1. The number of methoxy groups -OCH3 is 1. The Morgan fingerprint density at radius 1 is 0.841 bits per heavy atom. The molecule has 0 aromatic heterocycles. The maximum Gasteiger partial charge on any atom is 0.328 e. The summed E-state index contributed by atoms with van der Waals surface area (Å²) < 4.78 is 11.1. The quantitative estimate of drug-likeness (QED) is 0.143. The Bertz CT molecular complexity index is 1580. The summed E-state index contributed by atoms with van der Waals surface area (Å²) in [5.74, 6) is 0.106. The van der Waals surface area contributed by atoms with Crippen molar-refractivity contribution < 1.29 is 23.9 Å². The van der Waals surface area contributed by atoms with E-state index in [0.717, 1.165) is 16.8 Å². The van der Waals surface area contributed by atoms with E-state index in [1.165, 1.54) is 7.11 Å². The monoisotopic (exact) mass is 592 g/mol. The van der Waals surface area contributed by atoms with E-state index in [0.29, 0.717) is 42.1 Å². The molecule has 0 aliphatic rings. The molecule has 4 rings (SSSR count). The first-order chi connectivity index (χ1) is 21.1. The summed E-state index contributed by atoms with van der Waals surface area (Å²) in [5.41, 5.74) is 3.87. The van der Waals surface area contributed by atoms with Crippen LogP contribution in [0.2, 0.25) is 0 Å². The second-order valence-corrected chi connectivity index (χ2v) is 11.7. The van der Waals surface area contributed by atoms with Crippen LogP contribution in [0.5, 0.6) is 5.75 Å². The summed E-state index contributed by atoms with van der Waals surface area (Å²) in [6, 6.07) is 30.8. The SMILES string of the molecule is COC(=O)C(Cc1ccc(OCCN(C(=O)C(C)(C)C)c2cccc(C)c2)cc1)Nc1ccccc1C(=O)c1ccccc1. The van der Waals surface area contributed by atoms with Crippen molar-refractivity contribution in [2.45, 2.75) is 40.2 Å². The molecule has 1 N–H and O–H groups in total. The van der Waals surface area contributed by atoms with E-state index >= 15 is 0 Å². The van der Waals surface area contributed by atoms with Crippen molar-refractivity contribution >= 4 is 29.0 Å². The van der Waals surface area contributed by atoms with Gasteiger partial charge in [0.05, 0.1) is 13.7 Å². The number of hydrogen-bond acceptors (Lipinski definition) is 6. The number of carbonyl (C=O) groups excluding carboxylic acids is 3. The Morgan fingerprint density at radius 2 is 1.52 bits per heavy atom. The van der Waals surface area contributed by atoms with Crippen molar-refractivity contribution in [3.63, 3.8) is 0 Å². The van der Waals surface area contributed by atoms with Gasteiger partial charge in [-0.1, -0.05) is 87.5 Å². The molecule has 0 bridgehead atoms. The molecule has 0 saturated heterocycles. The number of para-hydroxylation sites is 1. The summed E-state index contributed by atoms with van der Waals surface area (Å²) in [5, 5.41) is 3.24. The van der Waals surface area contributed by atoms with Crippen LogP contribution >= 0.6 is 0 Å². The fourth-order valence-electron chi connectivity index (χ4n) is 4.84. The molecule has 7 nitrogen and oxygen atoms in total. The van der Waals surface area contributed by atoms with Crippen molar-refractivity contribution in [1.29, 1.82) is 0 Å². The fourth-order valence-corrected chi connectivity index (χ4v) is 4.84. The van der Waals surface area contributed by atoms with Gasteiger partial charge in [-0.05, 0) is 54.4 Å². The molecule has 0 spiro atoms. The Kier molecular flexibility index (Phi) is 10.6. The third-order valence-corrected chi connectivity index (χ3v) is 7.17. The lowest BCUT2D eigenvalue weighted by atomic mass is 9.94. The van der Waals surface area contributed by atoms with Crippen molar-refractivity contribution in [1.82, 2.24) is 0 Å². The Labute approximate surface area is 259 Å². The number of ether oxygens (including phenoxy) is 2. The number of carbonyl (C=O) groups is 3. The average molecular weight is 593 g/mol. The van der Waals surface area contributed by atoms with Gasteiger partial charge in [-0.2, -0.15) is 0 Å². The normalized spacial score (nSPS) is 11.8. The van der Waals surface area contributed by atoms with Crippen LogP contribution in [-0.4, -0.2) is 44.0 Å². The van der Waals surface area contributed by atoms with Gasteiger partial charge in [-0.25, -0.2) is 4.79 Å². The minimum Gasteiger partial charge on any atom is -0.492 e. The molecular formula is C37H40N2O5. The van der Waals surface area contributed by atoms with Gasteiger partial charge in [-0.3, -0.25) is 9.59 Å². The smallest absolute Gasteiger partial charge is 0.328 e. The van der Waals surface area contributed by atoms with Crippen LogP contribution in [0.1, 0.15) is 47.8 Å². The molecule has 1 unspecified atom stereocenters. The van der Waals surface area contributed by atoms with Crippen molar-refractivity contribution in [2.75, 3.05) is 30.5 Å². The summed E-state index contributed by atoms with van der Waals surface area (Å²) in [6.07, 6.45) is 0.335. The molecule has 1 atom stereocenters. The summed E-state index contributed by atoms with van der Waals surface area (Å²) >= 11 is 0. The standard InChI is InChI=1S/C37H40N2O5/c1-26-12-11-15-29(24-26)39(36(42)37(2,3)4)22-23-44-30-20-18-27(19-21-30)25-33(35(41)43-5)38-32-17-10-9-16-31(32)34(40)28-13-7-6-8-14-28/h6-21,24,33,38H,22-23,25H2,1-5H3. The molecule has 0 fully saturated rings. The molecule has 0 saturated carbocycles. The molecule has 228 valence electrons. The molecule has 1 amide bonds. The molecule has 4 aromatic carbocycles. The number of nitrogens with one attached hydrogen (secondary N) is 1. The van der Waals surface area contributed by atoms with Gasteiger partial charge in [0.25, 0.3) is 0 Å². The second-order valence-electron chi connectivity index (χ2n) is 11.7. The summed E-state index contributed by atoms with van der Waals surface area (Å²) in [6.45, 7) is 8.45. The maximum absolute atomic E-state index is 13.2. The van der Waals surface area contributed by atoms with Crippen LogP contribution in [0, 0.1) is 12.3 Å². The van der Waals surface area contributed by atoms with E-state index in [9.17, 15) is 14.4 Å². The van der Waals surface area contributed by atoms with Gasteiger partial charge in [0.1, 0.15) is 18.4 Å². The average Bonchev–Trinajstić information content (AvgIpc) is 3.02. The van der Waals surface area contributed by atoms with E-state index in [1.807, 2.05) is 100 Å². The summed E-state index contributed by atoms with van der Waals surface area (Å²) in [4.78, 5) is 41.0. The van der Waals surface area contributed by atoms with Gasteiger partial charge in [0.2, 0.25) is 5.91 Å². The zero-order chi connectivity index (χ0) is 31.7. The molecular weight excluding hydrogens is 552 g/mol. The molecule has 0 aliphatic heterocycles. The number of rotatable bonds is 12. The lowest BCUT2D eigenvalue weighted by Gasteiger charge is -2.30. The van der Waals surface area contributed by atoms with Gasteiger partial charge in [-0.15, -0.1) is 0 Å². The van der Waals surface area contributed by atoms with Crippen LogP contribution in [0.15, 0.2) is 103 Å². The Hall–Kier alpha value is -4.91. The maximum atomic E-state index is 13.2.